The molecule has 30 heavy (non-hydrogen) atoms. The van der Waals surface area contributed by atoms with Gasteiger partial charge in [-0.25, -0.2) is 14.2 Å². The summed E-state index contributed by atoms with van der Waals surface area (Å²) in [5, 5.41) is 22.0. The van der Waals surface area contributed by atoms with Crippen LogP contribution in [0.2, 0.25) is 0 Å². The van der Waals surface area contributed by atoms with Crippen LogP contribution in [0, 0.1) is 5.41 Å². The van der Waals surface area contributed by atoms with E-state index >= 15 is 0 Å². The highest BCUT2D eigenvalue weighted by Gasteiger charge is 2.37. The number of thiophene rings is 1. The van der Waals surface area contributed by atoms with Crippen LogP contribution >= 0.6 is 23.1 Å². The maximum absolute atomic E-state index is 13.0. The molecule has 1 amide bonds. The third-order valence-corrected chi connectivity index (χ3v) is 6.10. The standard InChI is InChI=1S/C19H13N7O2S2/c20-16-17(24-28-23-16)26-18(27)14(30-19(26)21)9-11-10-25(12-5-2-1-3-6-12)22-15(11)13-7-4-8-29-13/h1-10,21H,(H2,20,23)/b14-9-,21-19?. The van der Waals surface area contributed by atoms with Crippen LogP contribution in [0.25, 0.3) is 22.3 Å². The van der Waals surface area contributed by atoms with Crippen molar-refractivity contribution in [2.24, 2.45) is 0 Å². The molecule has 0 bridgehead atoms. The molecular formula is C19H13N7O2S2. The summed E-state index contributed by atoms with van der Waals surface area (Å²) in [4.78, 5) is 15.4. The third-order valence-electron chi connectivity index (χ3n) is 4.34. The molecule has 1 aliphatic rings. The summed E-state index contributed by atoms with van der Waals surface area (Å²) in [6.07, 6.45) is 3.59. The molecule has 0 radical (unpaired) electrons. The number of anilines is 2. The number of aromatic nitrogens is 4. The Hall–Kier alpha value is -3.70. The molecule has 1 aliphatic heterocycles. The summed E-state index contributed by atoms with van der Waals surface area (Å²) < 4.78 is 6.34. The van der Waals surface area contributed by atoms with Crippen molar-refractivity contribution < 1.29 is 9.42 Å². The molecule has 3 aromatic heterocycles. The summed E-state index contributed by atoms with van der Waals surface area (Å²) in [5.74, 6) is -0.456. The molecule has 1 aromatic carbocycles. The normalized spacial score (nSPS) is 15.5. The molecule has 11 heteroatoms. The average Bonchev–Trinajstić information content (AvgIpc) is 3.52. The topological polar surface area (TPSA) is 127 Å². The first-order valence-electron chi connectivity index (χ1n) is 8.71. The van der Waals surface area contributed by atoms with Crippen molar-refractivity contribution in [3.63, 3.8) is 0 Å². The Kier molecular flexibility index (Phi) is 4.45. The lowest BCUT2D eigenvalue weighted by atomic mass is 10.2. The molecule has 0 saturated carbocycles. The zero-order valence-electron chi connectivity index (χ0n) is 15.2. The average molecular weight is 435 g/mol. The lowest BCUT2D eigenvalue weighted by molar-refractivity contribution is -0.113. The summed E-state index contributed by atoms with van der Waals surface area (Å²) in [5.41, 5.74) is 8.12. The van der Waals surface area contributed by atoms with Crippen LogP contribution in [0.4, 0.5) is 11.6 Å². The fraction of sp³-hybridized carbons (Fsp3) is 0. The van der Waals surface area contributed by atoms with Gasteiger partial charge in [0.2, 0.25) is 11.6 Å². The molecule has 148 valence electrons. The summed E-state index contributed by atoms with van der Waals surface area (Å²) in [6, 6.07) is 13.6. The lowest BCUT2D eigenvalue weighted by Crippen LogP contribution is -2.29. The Labute approximate surface area is 178 Å². The maximum atomic E-state index is 13.0. The van der Waals surface area contributed by atoms with Crippen molar-refractivity contribution in [1.29, 1.82) is 5.41 Å². The van der Waals surface area contributed by atoms with Gasteiger partial charge in [0.05, 0.1) is 15.5 Å². The van der Waals surface area contributed by atoms with Gasteiger partial charge in [0.1, 0.15) is 5.69 Å². The van der Waals surface area contributed by atoms with E-state index in [2.05, 4.69) is 14.9 Å². The fourth-order valence-electron chi connectivity index (χ4n) is 2.98. The van der Waals surface area contributed by atoms with Crippen molar-refractivity contribution in [3.8, 4) is 16.3 Å². The summed E-state index contributed by atoms with van der Waals surface area (Å²) >= 11 is 2.58. The van der Waals surface area contributed by atoms with E-state index in [0.29, 0.717) is 4.91 Å². The van der Waals surface area contributed by atoms with Gasteiger partial charge in [-0.2, -0.15) is 5.10 Å². The second kappa shape index (κ2) is 7.28. The van der Waals surface area contributed by atoms with Gasteiger partial charge in [-0.3, -0.25) is 10.2 Å². The second-order valence-corrected chi connectivity index (χ2v) is 8.20. The van der Waals surface area contributed by atoms with Crippen molar-refractivity contribution in [1.82, 2.24) is 20.1 Å². The van der Waals surface area contributed by atoms with E-state index in [0.717, 1.165) is 38.5 Å². The van der Waals surface area contributed by atoms with Gasteiger partial charge >= 0.3 is 0 Å². The van der Waals surface area contributed by atoms with Gasteiger partial charge < -0.3 is 5.73 Å². The summed E-state index contributed by atoms with van der Waals surface area (Å²) in [6.45, 7) is 0. The van der Waals surface area contributed by atoms with E-state index in [-0.39, 0.29) is 16.8 Å². The molecule has 0 unspecified atom stereocenters. The highest BCUT2D eigenvalue weighted by Crippen LogP contribution is 2.38. The van der Waals surface area contributed by atoms with Crippen molar-refractivity contribution >= 4 is 51.9 Å². The number of amides is 1. The number of nitrogens with zero attached hydrogens (tertiary/aromatic N) is 5. The van der Waals surface area contributed by atoms with Crippen LogP contribution in [0.3, 0.4) is 0 Å². The first kappa shape index (κ1) is 18.3. The molecule has 4 aromatic rings. The molecule has 4 heterocycles. The van der Waals surface area contributed by atoms with Crippen LogP contribution in [0.1, 0.15) is 5.56 Å². The largest absolute Gasteiger partial charge is 0.378 e. The van der Waals surface area contributed by atoms with E-state index in [1.807, 2.05) is 54.0 Å². The van der Waals surface area contributed by atoms with Gasteiger partial charge in [0.15, 0.2) is 5.17 Å². The minimum atomic E-state index is -0.419. The number of carbonyl (C=O) groups excluding carboxylic acids is 1. The van der Waals surface area contributed by atoms with Crippen molar-refractivity contribution in [2.45, 2.75) is 0 Å². The maximum Gasteiger partial charge on any atom is 0.272 e. The van der Waals surface area contributed by atoms with Crippen LogP contribution in [0.15, 0.2) is 63.6 Å². The number of amidine groups is 1. The molecule has 0 atom stereocenters. The number of nitrogens with one attached hydrogen (secondary N) is 1. The molecule has 0 aliphatic carbocycles. The predicted molar refractivity (Wildman–Crippen MR) is 116 cm³/mol. The fourth-order valence-corrected chi connectivity index (χ4v) is 4.54. The number of thioether (sulfide) groups is 1. The van der Waals surface area contributed by atoms with Gasteiger partial charge in [-0.05, 0) is 51.7 Å². The molecule has 0 spiro atoms. The number of rotatable bonds is 4. The van der Waals surface area contributed by atoms with Gasteiger partial charge in [-0.1, -0.05) is 24.3 Å². The van der Waals surface area contributed by atoms with Gasteiger partial charge in [0, 0.05) is 11.8 Å². The first-order valence-corrected chi connectivity index (χ1v) is 10.4. The van der Waals surface area contributed by atoms with Crippen molar-refractivity contribution in [2.75, 3.05) is 10.6 Å². The highest BCUT2D eigenvalue weighted by molar-refractivity contribution is 8.19. The number of nitrogens with two attached hydrogens (primary N) is 1. The number of benzene rings is 1. The zero-order chi connectivity index (χ0) is 20.7. The van der Waals surface area contributed by atoms with E-state index in [1.54, 1.807) is 22.1 Å². The van der Waals surface area contributed by atoms with Crippen LogP contribution in [-0.4, -0.2) is 31.2 Å². The molecule has 1 fully saturated rings. The SMILES string of the molecule is N=C1S/C(=C\c2cn(-c3ccccc3)nc2-c2cccs2)C(=O)N1c1nonc1N. The van der Waals surface area contributed by atoms with Crippen LogP contribution in [-0.2, 0) is 4.79 Å². The Morgan fingerprint density at radius 1 is 1.13 bits per heavy atom. The van der Waals surface area contributed by atoms with Gasteiger partial charge in [0.25, 0.3) is 5.91 Å². The third kappa shape index (κ3) is 3.09. The Morgan fingerprint density at radius 2 is 1.97 bits per heavy atom. The Bertz CT molecular complexity index is 1280. The van der Waals surface area contributed by atoms with Crippen LogP contribution in [0.5, 0.6) is 0 Å². The van der Waals surface area contributed by atoms with Crippen LogP contribution < -0.4 is 10.6 Å². The minimum Gasteiger partial charge on any atom is -0.378 e. The van der Waals surface area contributed by atoms with E-state index < -0.39 is 5.91 Å². The number of nitrogen functional groups attached to an aromatic ring is 1. The number of hydrogen-bond acceptors (Lipinski definition) is 9. The highest BCUT2D eigenvalue weighted by atomic mass is 32.2. The quantitative estimate of drug-likeness (QED) is 0.469. The summed E-state index contributed by atoms with van der Waals surface area (Å²) in [7, 11) is 0. The minimum absolute atomic E-state index is 0.0133. The van der Waals surface area contributed by atoms with E-state index in [9.17, 15) is 4.79 Å². The molecule has 3 N–H and O–H groups in total. The first-order chi connectivity index (χ1) is 14.6. The number of hydrogen-bond donors (Lipinski definition) is 2. The lowest BCUT2D eigenvalue weighted by Gasteiger charge is -2.08. The second-order valence-electron chi connectivity index (χ2n) is 6.22. The Morgan fingerprint density at radius 3 is 2.67 bits per heavy atom. The predicted octanol–water partition coefficient (Wildman–Crippen LogP) is 3.62. The smallest absolute Gasteiger partial charge is 0.272 e. The molecular weight excluding hydrogens is 422 g/mol. The number of carbonyl (C=O) groups is 1. The molecule has 9 nitrogen and oxygen atoms in total. The molecule has 1 saturated heterocycles. The van der Waals surface area contributed by atoms with Gasteiger partial charge in [-0.15, -0.1) is 11.3 Å². The van der Waals surface area contributed by atoms with Crippen molar-refractivity contribution in [3.05, 3.63) is 64.5 Å². The monoisotopic (exact) mass is 435 g/mol. The molecule has 5 rings (SSSR count). The van der Waals surface area contributed by atoms with E-state index in [1.165, 1.54) is 0 Å². The zero-order valence-corrected chi connectivity index (χ0v) is 16.9. The Balaban J connectivity index is 1.58. The van der Waals surface area contributed by atoms with E-state index in [4.69, 9.17) is 16.2 Å². The number of para-hydroxylation sites is 1.